The van der Waals surface area contributed by atoms with Gasteiger partial charge in [0.15, 0.2) is 0 Å². The average Bonchev–Trinajstić information content (AvgIpc) is 2.39. The molecule has 0 aliphatic rings. The Labute approximate surface area is 113 Å². The zero-order chi connectivity index (χ0) is 13.7. The summed E-state index contributed by atoms with van der Waals surface area (Å²) >= 11 is 0. The number of carbonyl (C=O) groups excluding carboxylic acids is 1. The fraction of sp³-hybridized carbons (Fsp3) is 0.250. The average molecular weight is 254 g/mol. The van der Waals surface area contributed by atoms with Crippen LogP contribution in [0.15, 0.2) is 47.6 Å². The van der Waals surface area contributed by atoms with Gasteiger partial charge in [-0.05, 0) is 22.3 Å². The number of carbonyl (C=O) groups is 1. The molecule has 0 bridgehead atoms. The predicted octanol–water partition coefficient (Wildman–Crippen LogP) is 3.14. The lowest BCUT2D eigenvalue weighted by Crippen LogP contribution is -2.20. The molecule has 0 atom stereocenters. The highest BCUT2D eigenvalue weighted by atomic mass is 16.2. The van der Waals surface area contributed by atoms with E-state index < -0.39 is 0 Å². The summed E-state index contributed by atoms with van der Waals surface area (Å²) in [4.78, 5) is 11.8. The molecular weight excluding hydrogens is 236 g/mol. The first-order valence-electron chi connectivity index (χ1n) is 6.45. The fourth-order valence-corrected chi connectivity index (χ4v) is 1.92. The summed E-state index contributed by atoms with van der Waals surface area (Å²) < 4.78 is 0. The Morgan fingerprint density at radius 2 is 1.95 bits per heavy atom. The van der Waals surface area contributed by atoms with Gasteiger partial charge in [0, 0.05) is 6.21 Å². The quantitative estimate of drug-likeness (QED) is 0.661. The minimum atomic E-state index is -0.0896. The van der Waals surface area contributed by atoms with Gasteiger partial charge in [0.25, 0.3) is 0 Å². The van der Waals surface area contributed by atoms with E-state index in [1.54, 1.807) is 6.21 Å². The van der Waals surface area contributed by atoms with Crippen LogP contribution in [0.4, 0.5) is 0 Å². The molecule has 0 aliphatic heterocycles. The summed E-state index contributed by atoms with van der Waals surface area (Å²) in [6.07, 6.45) is 2.07. The molecule has 2 aromatic rings. The molecule has 0 saturated carbocycles. The molecule has 19 heavy (non-hydrogen) atoms. The molecular formula is C16H18N2O. The van der Waals surface area contributed by atoms with Crippen LogP contribution in [0.2, 0.25) is 0 Å². The van der Waals surface area contributed by atoms with Gasteiger partial charge in [-0.2, -0.15) is 5.10 Å². The number of benzene rings is 2. The van der Waals surface area contributed by atoms with Gasteiger partial charge < -0.3 is 0 Å². The van der Waals surface area contributed by atoms with Crippen molar-refractivity contribution >= 4 is 22.9 Å². The van der Waals surface area contributed by atoms with Crippen molar-refractivity contribution in [2.45, 2.75) is 20.3 Å². The molecule has 0 fully saturated rings. The van der Waals surface area contributed by atoms with Crippen molar-refractivity contribution in [1.29, 1.82) is 0 Å². The molecule has 3 nitrogen and oxygen atoms in total. The summed E-state index contributed by atoms with van der Waals surface area (Å²) in [6, 6.07) is 14.1. The van der Waals surface area contributed by atoms with Crippen molar-refractivity contribution in [1.82, 2.24) is 5.43 Å². The maximum Gasteiger partial charge on any atom is 0.244 e. The van der Waals surface area contributed by atoms with Gasteiger partial charge in [0.05, 0.1) is 6.42 Å². The zero-order valence-corrected chi connectivity index (χ0v) is 11.3. The topological polar surface area (TPSA) is 41.5 Å². The molecule has 3 heteroatoms. The monoisotopic (exact) mass is 254 g/mol. The summed E-state index contributed by atoms with van der Waals surface area (Å²) in [5, 5.41) is 6.19. The predicted molar refractivity (Wildman–Crippen MR) is 79.1 cm³/mol. The first kappa shape index (κ1) is 13.3. The van der Waals surface area contributed by atoms with Crippen molar-refractivity contribution < 1.29 is 4.79 Å². The fourth-order valence-electron chi connectivity index (χ4n) is 1.92. The maximum absolute atomic E-state index is 11.8. The standard InChI is InChI=1S/C16H18N2O/c1-12(2)11-17-18-16(19)10-14-8-5-7-13-6-3-4-9-15(13)14/h3-9,11-12H,10H2,1-2H3,(H,18,19). The van der Waals surface area contributed by atoms with Gasteiger partial charge in [0.1, 0.15) is 0 Å². The zero-order valence-electron chi connectivity index (χ0n) is 11.3. The molecule has 1 N–H and O–H groups in total. The Morgan fingerprint density at radius 1 is 1.21 bits per heavy atom. The van der Waals surface area contributed by atoms with E-state index in [2.05, 4.69) is 10.5 Å². The van der Waals surface area contributed by atoms with E-state index >= 15 is 0 Å². The number of rotatable bonds is 4. The third-order valence-corrected chi connectivity index (χ3v) is 2.79. The molecule has 98 valence electrons. The molecule has 2 aromatic carbocycles. The second-order valence-corrected chi connectivity index (χ2v) is 4.87. The van der Waals surface area contributed by atoms with Crippen LogP contribution in [0, 0.1) is 5.92 Å². The second-order valence-electron chi connectivity index (χ2n) is 4.87. The van der Waals surface area contributed by atoms with E-state index in [0.717, 1.165) is 16.3 Å². The molecule has 0 aromatic heterocycles. The summed E-state index contributed by atoms with van der Waals surface area (Å²) in [5.74, 6) is 0.242. The number of hydrazone groups is 1. The third-order valence-electron chi connectivity index (χ3n) is 2.79. The molecule has 1 amide bonds. The molecule has 0 spiro atoms. The van der Waals surface area contributed by atoms with Crippen molar-refractivity contribution in [3.63, 3.8) is 0 Å². The summed E-state index contributed by atoms with van der Waals surface area (Å²) in [7, 11) is 0. The highest BCUT2D eigenvalue weighted by molar-refractivity contribution is 5.90. The number of nitrogens with zero attached hydrogens (tertiary/aromatic N) is 1. The van der Waals surface area contributed by atoms with Gasteiger partial charge in [-0.3, -0.25) is 4.79 Å². The molecule has 0 aliphatic carbocycles. The van der Waals surface area contributed by atoms with E-state index in [1.807, 2.05) is 56.3 Å². The first-order chi connectivity index (χ1) is 9.16. The smallest absolute Gasteiger partial charge is 0.244 e. The van der Waals surface area contributed by atoms with E-state index in [4.69, 9.17) is 0 Å². The van der Waals surface area contributed by atoms with Gasteiger partial charge in [-0.1, -0.05) is 56.3 Å². The molecule has 0 unspecified atom stereocenters. The molecule has 0 radical (unpaired) electrons. The summed E-state index contributed by atoms with van der Waals surface area (Å²) in [6.45, 7) is 4.03. The Bertz CT molecular complexity index is 597. The number of nitrogens with one attached hydrogen (secondary N) is 1. The van der Waals surface area contributed by atoms with E-state index in [1.165, 1.54) is 0 Å². The van der Waals surface area contributed by atoms with Crippen LogP contribution in [-0.4, -0.2) is 12.1 Å². The summed E-state index contributed by atoms with van der Waals surface area (Å²) in [5.41, 5.74) is 3.58. The lowest BCUT2D eigenvalue weighted by atomic mass is 10.0. The van der Waals surface area contributed by atoms with Gasteiger partial charge in [-0.25, -0.2) is 5.43 Å². The third kappa shape index (κ3) is 3.65. The van der Waals surface area contributed by atoms with Crippen molar-refractivity contribution in [3.05, 3.63) is 48.0 Å². The van der Waals surface area contributed by atoms with E-state index in [0.29, 0.717) is 12.3 Å². The SMILES string of the molecule is CC(C)C=NNC(=O)Cc1cccc2ccccc12. The van der Waals surface area contributed by atoms with Crippen LogP contribution in [0.1, 0.15) is 19.4 Å². The van der Waals surface area contributed by atoms with Crippen LogP contribution in [0.3, 0.4) is 0 Å². The highest BCUT2D eigenvalue weighted by Crippen LogP contribution is 2.18. The van der Waals surface area contributed by atoms with E-state index in [-0.39, 0.29) is 5.91 Å². The number of fused-ring (bicyclic) bond motifs is 1. The number of hydrogen-bond donors (Lipinski definition) is 1. The van der Waals surface area contributed by atoms with Gasteiger partial charge in [-0.15, -0.1) is 0 Å². The maximum atomic E-state index is 11.8. The van der Waals surface area contributed by atoms with Crippen LogP contribution in [0.5, 0.6) is 0 Å². The minimum Gasteiger partial charge on any atom is -0.273 e. The minimum absolute atomic E-state index is 0.0896. The second kappa shape index (κ2) is 6.14. The van der Waals surface area contributed by atoms with Gasteiger partial charge >= 0.3 is 0 Å². The molecule has 0 heterocycles. The Kier molecular flexibility index (Phi) is 4.29. The Morgan fingerprint density at radius 3 is 2.74 bits per heavy atom. The van der Waals surface area contributed by atoms with Crippen LogP contribution < -0.4 is 5.43 Å². The highest BCUT2D eigenvalue weighted by Gasteiger charge is 2.05. The van der Waals surface area contributed by atoms with Crippen molar-refractivity contribution in [3.8, 4) is 0 Å². The van der Waals surface area contributed by atoms with Crippen LogP contribution in [-0.2, 0) is 11.2 Å². The van der Waals surface area contributed by atoms with Crippen LogP contribution >= 0.6 is 0 Å². The Hall–Kier alpha value is -2.16. The first-order valence-corrected chi connectivity index (χ1v) is 6.45. The van der Waals surface area contributed by atoms with Gasteiger partial charge in [0.2, 0.25) is 5.91 Å². The number of hydrogen-bond acceptors (Lipinski definition) is 2. The number of amides is 1. The lowest BCUT2D eigenvalue weighted by molar-refractivity contribution is -0.120. The molecule has 2 rings (SSSR count). The van der Waals surface area contributed by atoms with Crippen molar-refractivity contribution in [2.24, 2.45) is 11.0 Å². The van der Waals surface area contributed by atoms with E-state index in [9.17, 15) is 4.79 Å². The Balaban J connectivity index is 2.11. The normalized spacial score (nSPS) is 11.3. The van der Waals surface area contributed by atoms with Crippen LogP contribution in [0.25, 0.3) is 10.8 Å². The van der Waals surface area contributed by atoms with Crippen molar-refractivity contribution in [2.75, 3.05) is 0 Å². The largest absolute Gasteiger partial charge is 0.273 e. The lowest BCUT2D eigenvalue weighted by Gasteiger charge is -2.05. The molecule has 0 saturated heterocycles.